The molecule has 37 heavy (non-hydrogen) atoms. The molecule has 0 aromatic heterocycles. The molecule has 0 saturated heterocycles. The molecule has 3 aliphatic rings. The third-order valence-electron chi connectivity index (χ3n) is 7.39. The van der Waals surface area contributed by atoms with E-state index in [0.29, 0.717) is 48.6 Å². The van der Waals surface area contributed by atoms with Gasteiger partial charge >= 0.3 is 0 Å². The number of imide groups is 1. The molecule has 0 unspecified atom stereocenters. The molecule has 2 atom stereocenters. The van der Waals surface area contributed by atoms with Crippen molar-refractivity contribution in [2.45, 2.75) is 32.1 Å². The minimum atomic E-state index is -0.229. The highest BCUT2D eigenvalue weighted by atomic mass is 16.5. The normalized spacial score (nSPS) is 20.6. The first-order valence-corrected chi connectivity index (χ1v) is 12.8. The van der Waals surface area contributed by atoms with Gasteiger partial charge in [-0.25, -0.2) is 5.01 Å². The zero-order valence-corrected chi connectivity index (χ0v) is 21.2. The monoisotopic (exact) mass is 501 g/mol. The van der Waals surface area contributed by atoms with E-state index >= 15 is 0 Å². The first-order chi connectivity index (χ1) is 18.0. The number of carbonyl (C=O) groups is 3. The predicted octanol–water partition coefficient (Wildman–Crippen LogP) is 4.30. The Bertz CT molecular complexity index is 1250. The molecule has 192 valence electrons. The van der Waals surface area contributed by atoms with Gasteiger partial charge in [0.1, 0.15) is 0 Å². The zero-order chi connectivity index (χ0) is 25.9. The van der Waals surface area contributed by atoms with Gasteiger partial charge in [-0.1, -0.05) is 24.3 Å². The van der Waals surface area contributed by atoms with Crippen molar-refractivity contribution in [3.63, 3.8) is 0 Å². The van der Waals surface area contributed by atoms with Gasteiger partial charge in [-0.05, 0) is 62.4 Å². The van der Waals surface area contributed by atoms with Crippen molar-refractivity contribution >= 4 is 23.4 Å². The molecule has 0 saturated carbocycles. The van der Waals surface area contributed by atoms with E-state index in [4.69, 9.17) is 14.6 Å². The van der Waals surface area contributed by atoms with Gasteiger partial charge in [0.05, 0.1) is 37.0 Å². The number of hydrogen-bond acceptors (Lipinski definition) is 6. The van der Waals surface area contributed by atoms with E-state index in [9.17, 15) is 14.4 Å². The third kappa shape index (κ3) is 4.63. The Balaban J connectivity index is 1.24. The number of methoxy groups -OCH3 is 2. The van der Waals surface area contributed by atoms with Crippen LogP contribution in [0.2, 0.25) is 0 Å². The van der Waals surface area contributed by atoms with Crippen molar-refractivity contribution in [3.05, 3.63) is 71.3 Å². The molecule has 8 heteroatoms. The van der Waals surface area contributed by atoms with Crippen molar-refractivity contribution in [1.82, 2.24) is 9.91 Å². The van der Waals surface area contributed by atoms with Gasteiger partial charge in [0.2, 0.25) is 5.91 Å². The third-order valence-corrected chi connectivity index (χ3v) is 7.39. The van der Waals surface area contributed by atoms with Gasteiger partial charge in [0.25, 0.3) is 11.8 Å². The number of amides is 3. The Kier molecular flexibility index (Phi) is 7.08. The lowest BCUT2D eigenvalue weighted by Gasteiger charge is -2.37. The summed E-state index contributed by atoms with van der Waals surface area (Å²) in [6, 6.07) is 12.7. The first-order valence-electron chi connectivity index (χ1n) is 12.8. The molecule has 2 aromatic rings. The summed E-state index contributed by atoms with van der Waals surface area (Å²) in [7, 11) is 3.21. The molecule has 1 aliphatic carbocycles. The fraction of sp³-hybridized carbons (Fsp3) is 0.379. The molecule has 0 fully saturated rings. The van der Waals surface area contributed by atoms with Crippen LogP contribution in [0.3, 0.4) is 0 Å². The molecule has 0 spiro atoms. The Hall–Kier alpha value is -3.94. The summed E-state index contributed by atoms with van der Waals surface area (Å²) >= 11 is 0. The summed E-state index contributed by atoms with van der Waals surface area (Å²) < 4.78 is 10.9. The lowest BCUT2D eigenvalue weighted by Crippen LogP contribution is -2.45. The molecule has 2 aromatic carbocycles. The number of benzene rings is 2. The summed E-state index contributed by atoms with van der Waals surface area (Å²) in [6.45, 7) is 0.862. The summed E-state index contributed by atoms with van der Waals surface area (Å²) in [5.74, 6) is 0.763. The molecule has 0 bridgehead atoms. The number of fused-ring (bicyclic) bond motifs is 2. The van der Waals surface area contributed by atoms with Gasteiger partial charge in [0, 0.05) is 24.6 Å². The summed E-state index contributed by atoms with van der Waals surface area (Å²) in [4.78, 5) is 39.7. The Labute approximate surface area is 216 Å². The van der Waals surface area contributed by atoms with Crippen LogP contribution in [-0.4, -0.2) is 60.7 Å². The van der Waals surface area contributed by atoms with Crippen molar-refractivity contribution in [3.8, 4) is 11.5 Å². The largest absolute Gasteiger partial charge is 0.493 e. The molecular formula is C29H31N3O5. The maximum absolute atomic E-state index is 13.3. The van der Waals surface area contributed by atoms with E-state index in [2.05, 4.69) is 12.2 Å². The lowest BCUT2D eigenvalue weighted by atomic mass is 9.76. The molecule has 2 aliphatic heterocycles. The second kappa shape index (κ2) is 10.6. The average Bonchev–Trinajstić information content (AvgIpc) is 3.18. The standard InChI is InChI=1S/C29H31N3O5/c1-36-24-15-14-19(18-25(24)37-2)26-20-10-4-5-11-21(20)29(35)32(30-26)17-9-3-8-16-31-27(33)22-12-6-7-13-23(22)28(31)34/h4-7,12-15,18,20-21H,3,8-11,16-17H2,1-2H3/t20-,21+/m1/s1. The van der Waals surface area contributed by atoms with Crippen molar-refractivity contribution in [2.24, 2.45) is 16.9 Å². The van der Waals surface area contributed by atoms with Crippen LogP contribution in [0.5, 0.6) is 11.5 Å². The Morgan fingerprint density at radius 3 is 2.14 bits per heavy atom. The number of hydrogen-bond donors (Lipinski definition) is 0. The van der Waals surface area contributed by atoms with Crippen molar-refractivity contribution in [2.75, 3.05) is 27.3 Å². The Morgan fingerprint density at radius 1 is 0.811 bits per heavy atom. The van der Waals surface area contributed by atoms with Crippen molar-refractivity contribution < 1.29 is 23.9 Å². The van der Waals surface area contributed by atoms with E-state index in [1.807, 2.05) is 18.2 Å². The van der Waals surface area contributed by atoms with E-state index in [1.54, 1.807) is 43.5 Å². The second-order valence-electron chi connectivity index (χ2n) is 9.54. The molecule has 0 radical (unpaired) electrons. The topological polar surface area (TPSA) is 88.5 Å². The van der Waals surface area contributed by atoms with Crippen LogP contribution in [0.4, 0.5) is 0 Å². The van der Waals surface area contributed by atoms with Crippen LogP contribution >= 0.6 is 0 Å². The predicted molar refractivity (Wildman–Crippen MR) is 139 cm³/mol. The molecule has 3 amide bonds. The minimum absolute atomic E-state index is 0.0284. The molecular weight excluding hydrogens is 470 g/mol. The number of rotatable bonds is 9. The lowest BCUT2D eigenvalue weighted by molar-refractivity contribution is -0.137. The molecule has 8 nitrogen and oxygen atoms in total. The number of hydrazone groups is 1. The number of nitrogens with zero attached hydrogens (tertiary/aromatic N) is 3. The number of unbranched alkanes of at least 4 members (excludes halogenated alkanes) is 2. The average molecular weight is 502 g/mol. The maximum Gasteiger partial charge on any atom is 0.261 e. The van der Waals surface area contributed by atoms with E-state index in [-0.39, 0.29) is 29.6 Å². The second-order valence-corrected chi connectivity index (χ2v) is 9.54. The van der Waals surface area contributed by atoms with Crippen molar-refractivity contribution in [1.29, 1.82) is 0 Å². The fourth-order valence-electron chi connectivity index (χ4n) is 5.41. The van der Waals surface area contributed by atoms with E-state index in [0.717, 1.165) is 30.5 Å². The van der Waals surface area contributed by atoms with E-state index < -0.39 is 0 Å². The van der Waals surface area contributed by atoms with Crippen LogP contribution in [0, 0.1) is 11.8 Å². The molecule has 2 heterocycles. The number of carbonyl (C=O) groups excluding carboxylic acids is 3. The van der Waals surface area contributed by atoms with Gasteiger partial charge in [-0.3, -0.25) is 19.3 Å². The highest BCUT2D eigenvalue weighted by Crippen LogP contribution is 2.37. The SMILES string of the molecule is COc1ccc(C2=NN(CCCCCN3C(=O)c4ccccc4C3=O)C(=O)[C@H]3CC=CC[C@@H]23)cc1OC. The van der Waals surface area contributed by atoms with Gasteiger partial charge in [-0.15, -0.1) is 0 Å². The minimum Gasteiger partial charge on any atom is -0.493 e. The maximum atomic E-state index is 13.3. The Morgan fingerprint density at radius 2 is 1.46 bits per heavy atom. The summed E-state index contributed by atoms with van der Waals surface area (Å²) in [5.41, 5.74) is 2.76. The number of ether oxygens (including phenoxy) is 2. The van der Waals surface area contributed by atoms with Crippen LogP contribution in [-0.2, 0) is 4.79 Å². The zero-order valence-electron chi connectivity index (χ0n) is 21.2. The summed E-state index contributed by atoms with van der Waals surface area (Å²) in [5, 5.41) is 6.43. The summed E-state index contributed by atoms with van der Waals surface area (Å²) in [6.07, 6.45) is 7.85. The van der Waals surface area contributed by atoms with Gasteiger partial charge < -0.3 is 9.47 Å². The quantitative estimate of drug-likeness (QED) is 0.290. The molecule has 0 N–H and O–H groups in total. The molecule has 5 rings (SSSR count). The smallest absolute Gasteiger partial charge is 0.261 e. The highest BCUT2D eigenvalue weighted by molar-refractivity contribution is 6.21. The fourth-order valence-corrected chi connectivity index (χ4v) is 5.41. The van der Waals surface area contributed by atoms with Crippen LogP contribution in [0.25, 0.3) is 0 Å². The van der Waals surface area contributed by atoms with Gasteiger partial charge in [-0.2, -0.15) is 5.10 Å². The number of allylic oxidation sites excluding steroid dienone is 2. The van der Waals surface area contributed by atoms with Gasteiger partial charge in [0.15, 0.2) is 11.5 Å². The van der Waals surface area contributed by atoms with Crippen LogP contribution in [0.15, 0.2) is 59.7 Å². The van der Waals surface area contributed by atoms with Crippen LogP contribution < -0.4 is 9.47 Å². The first kappa shape index (κ1) is 24.7. The van der Waals surface area contributed by atoms with Crippen LogP contribution in [0.1, 0.15) is 58.4 Å². The van der Waals surface area contributed by atoms with E-state index in [1.165, 1.54) is 4.90 Å². The highest BCUT2D eigenvalue weighted by Gasteiger charge is 2.40.